The average Bonchev–Trinajstić information content (AvgIpc) is 3.10. The van der Waals surface area contributed by atoms with Crippen LogP contribution in [0.2, 0.25) is 0 Å². The topological polar surface area (TPSA) is 88.2 Å². The van der Waals surface area contributed by atoms with Crippen LogP contribution in [0.5, 0.6) is 11.5 Å². The summed E-state index contributed by atoms with van der Waals surface area (Å²) in [5, 5.41) is 2.81. The van der Waals surface area contributed by atoms with Gasteiger partial charge in [0.15, 0.2) is 0 Å². The number of hydrogen-bond acceptors (Lipinski definition) is 5. The minimum atomic E-state index is -0.937. The number of nitrogens with one attached hydrogen (secondary N) is 1. The predicted octanol–water partition coefficient (Wildman–Crippen LogP) is 4.46. The van der Waals surface area contributed by atoms with Crippen LogP contribution in [0.1, 0.15) is 18.9 Å². The summed E-state index contributed by atoms with van der Waals surface area (Å²) in [5.74, 6) is 0.590. The van der Waals surface area contributed by atoms with Crippen LogP contribution in [0.4, 0.5) is 16.2 Å². The summed E-state index contributed by atoms with van der Waals surface area (Å²) in [4.78, 5) is 42.2. The fourth-order valence-electron chi connectivity index (χ4n) is 3.94. The van der Waals surface area contributed by atoms with Gasteiger partial charge < -0.3 is 19.7 Å². The Labute approximate surface area is 204 Å². The summed E-state index contributed by atoms with van der Waals surface area (Å²) in [5.41, 5.74) is 1.87. The molecule has 3 aromatic carbocycles. The summed E-state index contributed by atoms with van der Waals surface area (Å²) in [6.45, 7) is 2.62. The van der Waals surface area contributed by atoms with Crippen molar-refractivity contribution in [1.29, 1.82) is 0 Å². The van der Waals surface area contributed by atoms with Crippen LogP contribution >= 0.6 is 0 Å². The first-order chi connectivity index (χ1) is 17.0. The second kappa shape index (κ2) is 10.7. The van der Waals surface area contributed by atoms with Crippen molar-refractivity contribution >= 4 is 29.2 Å². The molecule has 0 saturated carbocycles. The van der Waals surface area contributed by atoms with Gasteiger partial charge in [-0.25, -0.2) is 9.69 Å². The van der Waals surface area contributed by atoms with Crippen LogP contribution in [0.25, 0.3) is 0 Å². The van der Waals surface area contributed by atoms with Crippen LogP contribution in [0.3, 0.4) is 0 Å². The van der Waals surface area contributed by atoms with Crippen molar-refractivity contribution in [3.8, 4) is 11.5 Å². The lowest BCUT2D eigenvalue weighted by Gasteiger charge is -2.22. The monoisotopic (exact) mass is 473 g/mol. The van der Waals surface area contributed by atoms with Gasteiger partial charge in [0, 0.05) is 12.2 Å². The van der Waals surface area contributed by atoms with E-state index in [0.29, 0.717) is 29.5 Å². The van der Waals surface area contributed by atoms with Crippen molar-refractivity contribution in [3.63, 3.8) is 0 Å². The number of para-hydroxylation sites is 1. The Morgan fingerprint density at radius 1 is 0.914 bits per heavy atom. The molecule has 1 aliphatic heterocycles. The van der Waals surface area contributed by atoms with E-state index >= 15 is 0 Å². The van der Waals surface area contributed by atoms with Crippen LogP contribution < -0.4 is 19.7 Å². The first-order valence-electron chi connectivity index (χ1n) is 11.4. The maximum absolute atomic E-state index is 13.4. The fraction of sp³-hybridized carbons (Fsp3) is 0.222. The molecule has 0 aliphatic carbocycles. The smallest absolute Gasteiger partial charge is 0.332 e. The molecule has 8 heteroatoms. The molecule has 1 fully saturated rings. The van der Waals surface area contributed by atoms with E-state index in [1.165, 1.54) is 4.90 Å². The molecule has 0 spiro atoms. The maximum atomic E-state index is 13.4. The van der Waals surface area contributed by atoms with Crippen molar-refractivity contribution in [1.82, 2.24) is 4.90 Å². The number of rotatable bonds is 9. The molecule has 0 radical (unpaired) electrons. The van der Waals surface area contributed by atoms with Gasteiger partial charge >= 0.3 is 6.03 Å². The molecule has 180 valence electrons. The Kier molecular flexibility index (Phi) is 7.30. The molecule has 0 bridgehead atoms. The second-order valence-corrected chi connectivity index (χ2v) is 7.99. The molecule has 0 aromatic heterocycles. The Bertz CT molecular complexity index is 1180. The van der Waals surface area contributed by atoms with Crippen molar-refractivity contribution in [2.75, 3.05) is 23.9 Å². The number of ether oxygens (including phenoxy) is 2. The third-order valence-electron chi connectivity index (χ3n) is 5.67. The quantitative estimate of drug-likeness (QED) is 0.464. The number of hydrogen-bond donors (Lipinski definition) is 1. The van der Waals surface area contributed by atoms with Gasteiger partial charge in [-0.3, -0.25) is 9.59 Å². The van der Waals surface area contributed by atoms with Gasteiger partial charge in [0.2, 0.25) is 5.91 Å². The lowest BCUT2D eigenvalue weighted by atomic mass is 10.1. The fourth-order valence-corrected chi connectivity index (χ4v) is 3.94. The third kappa shape index (κ3) is 5.43. The Morgan fingerprint density at radius 3 is 2.20 bits per heavy atom. The van der Waals surface area contributed by atoms with Crippen molar-refractivity contribution < 1.29 is 23.9 Å². The van der Waals surface area contributed by atoms with Crippen LogP contribution in [-0.2, 0) is 16.1 Å². The van der Waals surface area contributed by atoms with E-state index in [4.69, 9.17) is 9.47 Å². The number of imide groups is 1. The largest absolute Gasteiger partial charge is 0.497 e. The highest BCUT2D eigenvalue weighted by atomic mass is 16.5. The van der Waals surface area contributed by atoms with E-state index in [1.54, 1.807) is 67.8 Å². The van der Waals surface area contributed by atoms with Gasteiger partial charge in [0.05, 0.1) is 25.8 Å². The van der Waals surface area contributed by atoms with Gasteiger partial charge in [-0.15, -0.1) is 0 Å². The van der Waals surface area contributed by atoms with Crippen molar-refractivity contribution in [2.24, 2.45) is 0 Å². The van der Waals surface area contributed by atoms with Gasteiger partial charge in [0.1, 0.15) is 17.5 Å². The molecule has 3 aromatic rings. The van der Waals surface area contributed by atoms with Crippen LogP contribution in [0, 0.1) is 0 Å². The number of anilines is 2. The highest BCUT2D eigenvalue weighted by Gasteiger charge is 2.46. The van der Waals surface area contributed by atoms with Gasteiger partial charge in [-0.05, 0) is 61.0 Å². The summed E-state index contributed by atoms with van der Waals surface area (Å²) < 4.78 is 10.6. The number of methoxy groups -OCH3 is 1. The predicted molar refractivity (Wildman–Crippen MR) is 133 cm³/mol. The summed E-state index contributed by atoms with van der Waals surface area (Å²) in [7, 11) is 1.58. The van der Waals surface area contributed by atoms with Gasteiger partial charge in [-0.1, -0.05) is 30.3 Å². The first-order valence-corrected chi connectivity index (χ1v) is 11.4. The first kappa shape index (κ1) is 23.8. The number of carbonyl (C=O) groups is 3. The van der Waals surface area contributed by atoms with Crippen molar-refractivity contribution in [3.05, 3.63) is 84.4 Å². The molecule has 8 nitrogen and oxygen atoms in total. The number of urea groups is 1. The molecular formula is C27H27N3O5. The van der Waals surface area contributed by atoms with Crippen LogP contribution in [0.15, 0.2) is 78.9 Å². The highest BCUT2D eigenvalue weighted by molar-refractivity contribution is 6.22. The molecule has 1 saturated heterocycles. The normalized spacial score (nSPS) is 15.3. The van der Waals surface area contributed by atoms with E-state index in [9.17, 15) is 14.4 Å². The SMILES string of the molecule is CCOc1ccc(NC(=O)CC2C(=O)N(c3ccccc3)C(=O)N2Cc2ccc(OC)cc2)cc1. The molecular weight excluding hydrogens is 446 g/mol. The minimum Gasteiger partial charge on any atom is -0.497 e. The number of carbonyl (C=O) groups excluding carboxylic acids is 3. The van der Waals surface area contributed by atoms with E-state index in [0.717, 1.165) is 10.5 Å². The molecule has 1 aliphatic rings. The molecule has 4 rings (SSSR count). The zero-order valence-corrected chi connectivity index (χ0v) is 19.6. The van der Waals surface area contributed by atoms with Gasteiger partial charge in [-0.2, -0.15) is 0 Å². The van der Waals surface area contributed by atoms with Crippen LogP contribution in [-0.4, -0.2) is 42.5 Å². The van der Waals surface area contributed by atoms with E-state index < -0.39 is 18.0 Å². The number of nitrogens with zero attached hydrogens (tertiary/aromatic N) is 2. The van der Waals surface area contributed by atoms with E-state index in [1.807, 2.05) is 25.1 Å². The maximum Gasteiger partial charge on any atom is 0.332 e. The minimum absolute atomic E-state index is 0.169. The zero-order chi connectivity index (χ0) is 24.8. The molecule has 4 amide bonds. The van der Waals surface area contributed by atoms with E-state index in [2.05, 4.69) is 5.32 Å². The van der Waals surface area contributed by atoms with Gasteiger partial charge in [0.25, 0.3) is 5.91 Å². The van der Waals surface area contributed by atoms with E-state index in [-0.39, 0.29) is 18.9 Å². The molecule has 1 heterocycles. The third-order valence-corrected chi connectivity index (χ3v) is 5.67. The van der Waals surface area contributed by atoms with Crippen molar-refractivity contribution in [2.45, 2.75) is 25.9 Å². The summed E-state index contributed by atoms with van der Waals surface area (Å²) >= 11 is 0. The number of benzene rings is 3. The average molecular weight is 474 g/mol. The molecule has 1 unspecified atom stereocenters. The lowest BCUT2D eigenvalue weighted by Crippen LogP contribution is -2.37. The lowest BCUT2D eigenvalue weighted by molar-refractivity contribution is -0.124. The summed E-state index contributed by atoms with van der Waals surface area (Å²) in [6, 6.07) is 21.6. The molecule has 35 heavy (non-hydrogen) atoms. The second-order valence-electron chi connectivity index (χ2n) is 7.99. The highest BCUT2D eigenvalue weighted by Crippen LogP contribution is 2.29. The summed E-state index contributed by atoms with van der Waals surface area (Å²) in [6.07, 6.45) is -0.169. The standard InChI is InChI=1S/C27H27N3O5/c1-3-35-23-15-11-20(12-16-23)28-25(31)17-24-26(32)30(21-7-5-4-6-8-21)27(33)29(24)18-19-9-13-22(34-2)14-10-19/h4-16,24H,3,17-18H2,1-2H3,(H,28,31). The molecule has 1 N–H and O–H groups in total. The Hall–Kier alpha value is -4.33. The Morgan fingerprint density at radius 2 is 1.57 bits per heavy atom. The Balaban J connectivity index is 1.54. The zero-order valence-electron chi connectivity index (χ0n) is 19.6. The molecule has 1 atom stereocenters. The number of amides is 4.